The number of thioether (sulfide) groups is 1. The summed E-state index contributed by atoms with van der Waals surface area (Å²) < 4.78 is 5.44. The molecule has 0 aliphatic rings. The lowest BCUT2D eigenvalue weighted by molar-refractivity contribution is -0.147. The molecule has 0 unspecified atom stereocenters. The molecule has 0 bridgehead atoms. The van der Waals surface area contributed by atoms with E-state index in [9.17, 15) is 4.79 Å². The molecule has 2 rings (SSSR count). The van der Waals surface area contributed by atoms with E-state index in [1.165, 1.54) is 16.3 Å². The van der Waals surface area contributed by atoms with E-state index < -0.39 is 0 Å². The number of carbonyl (C=O) groups excluding carboxylic acids is 1. The normalized spacial score (nSPS) is 13.0. The highest BCUT2D eigenvalue weighted by atomic mass is 32.2. The number of rotatable bonds is 6. The van der Waals surface area contributed by atoms with Gasteiger partial charge in [0.2, 0.25) is 0 Å². The third kappa shape index (κ3) is 5.28. The summed E-state index contributed by atoms with van der Waals surface area (Å²) in [6, 6.07) is 14.6. The molecule has 2 nitrogen and oxygen atoms in total. The molecule has 1 atom stereocenters. The highest BCUT2D eigenvalue weighted by Gasteiger charge is 2.24. The minimum absolute atomic E-state index is 0.0859. The Morgan fingerprint density at radius 3 is 2.52 bits per heavy atom. The fourth-order valence-corrected chi connectivity index (χ4v) is 3.51. The van der Waals surface area contributed by atoms with Crippen LogP contribution in [0.25, 0.3) is 10.8 Å². The number of ether oxygens (including phenoxy) is 1. The minimum Gasteiger partial charge on any atom is -0.466 e. The van der Waals surface area contributed by atoms with Crippen LogP contribution < -0.4 is 0 Å². The summed E-state index contributed by atoms with van der Waals surface area (Å²) in [6.07, 6.45) is 0.725. The van der Waals surface area contributed by atoms with Crippen LogP contribution in [0.1, 0.15) is 33.3 Å². The molecule has 0 spiro atoms. The minimum atomic E-state index is -0.106. The van der Waals surface area contributed by atoms with Crippen molar-refractivity contribution in [3.05, 3.63) is 48.0 Å². The fourth-order valence-electron chi connectivity index (χ4n) is 2.56. The van der Waals surface area contributed by atoms with Crippen LogP contribution in [0.5, 0.6) is 0 Å². The maximum Gasteiger partial charge on any atom is 0.310 e. The van der Waals surface area contributed by atoms with Crippen LogP contribution in [0.4, 0.5) is 0 Å². The van der Waals surface area contributed by atoms with Crippen molar-refractivity contribution < 1.29 is 9.53 Å². The van der Waals surface area contributed by atoms with Gasteiger partial charge in [0.15, 0.2) is 0 Å². The Bertz CT molecular complexity index is 653. The van der Waals surface area contributed by atoms with E-state index in [4.69, 9.17) is 4.74 Å². The van der Waals surface area contributed by atoms with Crippen LogP contribution >= 0.6 is 11.8 Å². The lowest BCUT2D eigenvalue weighted by Crippen LogP contribution is -2.24. The van der Waals surface area contributed by atoms with Gasteiger partial charge >= 0.3 is 5.97 Å². The zero-order valence-corrected chi connectivity index (χ0v) is 15.3. The molecule has 23 heavy (non-hydrogen) atoms. The first-order valence-corrected chi connectivity index (χ1v) is 9.16. The molecule has 0 fully saturated rings. The average Bonchev–Trinajstić information content (AvgIpc) is 2.51. The van der Waals surface area contributed by atoms with Gasteiger partial charge in [0.05, 0.1) is 12.5 Å². The molecule has 0 aliphatic carbocycles. The second-order valence-electron chi connectivity index (χ2n) is 6.71. The van der Waals surface area contributed by atoms with Gasteiger partial charge in [-0.05, 0) is 29.7 Å². The van der Waals surface area contributed by atoms with Crippen molar-refractivity contribution in [2.75, 3.05) is 12.4 Å². The summed E-state index contributed by atoms with van der Waals surface area (Å²) in [4.78, 5) is 12.4. The summed E-state index contributed by atoms with van der Waals surface area (Å²) >= 11 is 1.82. The van der Waals surface area contributed by atoms with Crippen LogP contribution in [0, 0.1) is 5.92 Å². The Morgan fingerprint density at radius 1 is 1.13 bits per heavy atom. The van der Waals surface area contributed by atoms with Crippen LogP contribution in [-0.4, -0.2) is 23.1 Å². The Morgan fingerprint density at radius 2 is 1.83 bits per heavy atom. The number of hydrogen-bond acceptors (Lipinski definition) is 3. The Kier molecular flexibility index (Phi) is 6.11. The average molecular weight is 330 g/mol. The highest BCUT2D eigenvalue weighted by molar-refractivity contribution is 8.00. The quantitative estimate of drug-likeness (QED) is 0.690. The lowest BCUT2D eigenvalue weighted by atomic mass is 9.96. The van der Waals surface area contributed by atoms with Gasteiger partial charge in [0.1, 0.15) is 0 Å². The van der Waals surface area contributed by atoms with E-state index in [-0.39, 0.29) is 16.6 Å². The van der Waals surface area contributed by atoms with Gasteiger partial charge in [-0.25, -0.2) is 0 Å². The van der Waals surface area contributed by atoms with Crippen molar-refractivity contribution in [3.63, 3.8) is 0 Å². The maximum atomic E-state index is 12.4. The first-order chi connectivity index (χ1) is 10.9. The fraction of sp³-hybridized carbons (Fsp3) is 0.450. The summed E-state index contributed by atoms with van der Waals surface area (Å²) in [5.74, 6) is 0.591. The Balaban J connectivity index is 2.23. The molecule has 0 saturated carbocycles. The van der Waals surface area contributed by atoms with Gasteiger partial charge in [-0.1, -0.05) is 63.2 Å². The summed E-state index contributed by atoms with van der Waals surface area (Å²) in [5.41, 5.74) is 1.22. The molecule has 0 aliphatic heterocycles. The molecule has 0 N–H and O–H groups in total. The summed E-state index contributed by atoms with van der Waals surface area (Å²) in [6.45, 7) is 8.84. The molecule has 3 heteroatoms. The molecule has 0 aromatic heterocycles. The maximum absolute atomic E-state index is 12.4. The highest BCUT2D eigenvalue weighted by Crippen LogP contribution is 2.29. The standard InChI is InChI=1S/C20H26O2S/c1-5-22-19(21)17(14-23-20(2,3)4)13-16-11-8-10-15-9-6-7-12-18(15)16/h6-12,17H,5,13-14H2,1-4H3/t17-/m1/s1. The first-order valence-electron chi connectivity index (χ1n) is 8.18. The van der Waals surface area contributed by atoms with Crippen molar-refractivity contribution in [3.8, 4) is 0 Å². The van der Waals surface area contributed by atoms with Crippen LogP contribution in [0.15, 0.2) is 42.5 Å². The third-order valence-electron chi connectivity index (χ3n) is 3.68. The molecular formula is C20H26O2S. The molecule has 0 radical (unpaired) electrons. The van der Waals surface area contributed by atoms with Gasteiger partial charge in [0.25, 0.3) is 0 Å². The molecule has 2 aromatic rings. The van der Waals surface area contributed by atoms with Gasteiger partial charge in [-0.3, -0.25) is 4.79 Å². The van der Waals surface area contributed by atoms with Gasteiger partial charge in [0, 0.05) is 10.5 Å². The number of fused-ring (bicyclic) bond motifs is 1. The van der Waals surface area contributed by atoms with Crippen LogP contribution in [0.3, 0.4) is 0 Å². The van der Waals surface area contributed by atoms with Crippen molar-refractivity contribution >= 4 is 28.5 Å². The monoisotopic (exact) mass is 330 g/mol. The van der Waals surface area contributed by atoms with Crippen molar-refractivity contribution in [1.82, 2.24) is 0 Å². The van der Waals surface area contributed by atoms with E-state index in [0.29, 0.717) is 6.61 Å². The molecule has 2 aromatic carbocycles. The van der Waals surface area contributed by atoms with Crippen molar-refractivity contribution in [2.45, 2.75) is 38.9 Å². The Hall–Kier alpha value is -1.48. The molecule has 0 amide bonds. The third-order valence-corrected chi connectivity index (χ3v) is 5.12. The largest absolute Gasteiger partial charge is 0.466 e. The first kappa shape index (κ1) is 17.9. The second kappa shape index (κ2) is 7.87. The van der Waals surface area contributed by atoms with E-state index in [1.54, 1.807) is 0 Å². The Labute approximate surface area is 143 Å². The summed E-state index contributed by atoms with van der Waals surface area (Å²) in [5, 5.41) is 2.45. The predicted octanol–water partition coefficient (Wildman–Crippen LogP) is 5.09. The van der Waals surface area contributed by atoms with Gasteiger partial charge < -0.3 is 4.74 Å². The van der Waals surface area contributed by atoms with E-state index >= 15 is 0 Å². The van der Waals surface area contributed by atoms with Crippen LogP contribution in [-0.2, 0) is 16.0 Å². The topological polar surface area (TPSA) is 26.3 Å². The molecule has 124 valence electrons. The summed E-state index contributed by atoms with van der Waals surface area (Å²) in [7, 11) is 0. The number of benzene rings is 2. The lowest BCUT2D eigenvalue weighted by Gasteiger charge is -2.22. The van der Waals surface area contributed by atoms with Gasteiger partial charge in [-0.15, -0.1) is 0 Å². The number of hydrogen-bond donors (Lipinski definition) is 0. The molecule has 0 heterocycles. The smallest absolute Gasteiger partial charge is 0.310 e. The van der Waals surface area contributed by atoms with Crippen molar-refractivity contribution in [2.24, 2.45) is 5.92 Å². The number of carbonyl (C=O) groups is 1. The SMILES string of the molecule is CCOC(=O)[C@@H](CSC(C)(C)C)Cc1cccc2ccccc12. The van der Waals surface area contributed by atoms with E-state index in [0.717, 1.165) is 12.2 Å². The van der Waals surface area contributed by atoms with E-state index in [1.807, 2.05) is 24.8 Å². The molecule has 0 saturated heterocycles. The zero-order valence-electron chi connectivity index (χ0n) is 14.5. The van der Waals surface area contributed by atoms with Crippen LogP contribution in [0.2, 0.25) is 0 Å². The van der Waals surface area contributed by atoms with E-state index in [2.05, 4.69) is 57.2 Å². The van der Waals surface area contributed by atoms with Gasteiger partial charge in [-0.2, -0.15) is 11.8 Å². The predicted molar refractivity (Wildman–Crippen MR) is 100.0 cm³/mol. The second-order valence-corrected chi connectivity index (χ2v) is 8.56. The zero-order chi connectivity index (χ0) is 16.9. The number of esters is 1. The van der Waals surface area contributed by atoms with Crippen molar-refractivity contribution in [1.29, 1.82) is 0 Å². The molecular weight excluding hydrogens is 304 g/mol.